The standard InChI is InChI=1S/C21H19BrFN3O3/c1-12(2)26(17-6-7-18(28-3)19(22)20(17)23)21-15(10-29-11-27)14-5-4-13(9-24)8-16(14)25-21/h4-8,11-12,25H,10H2,1-3H3. The molecule has 0 fully saturated rings. The van der Waals surface area contributed by atoms with Crippen LogP contribution in [0.5, 0.6) is 5.75 Å². The van der Waals surface area contributed by atoms with Gasteiger partial charge in [-0.1, -0.05) is 6.07 Å². The van der Waals surface area contributed by atoms with Crippen molar-refractivity contribution < 1.29 is 18.7 Å². The van der Waals surface area contributed by atoms with Crippen LogP contribution < -0.4 is 9.64 Å². The van der Waals surface area contributed by atoms with Crippen LogP contribution in [0.1, 0.15) is 25.0 Å². The van der Waals surface area contributed by atoms with E-state index >= 15 is 4.39 Å². The van der Waals surface area contributed by atoms with Gasteiger partial charge in [-0.05, 0) is 54.0 Å². The molecular weight excluding hydrogens is 441 g/mol. The molecule has 0 saturated carbocycles. The first-order valence-corrected chi connectivity index (χ1v) is 9.63. The molecular formula is C21H19BrFN3O3. The lowest BCUT2D eigenvalue weighted by atomic mass is 10.1. The van der Waals surface area contributed by atoms with Gasteiger partial charge in [0.1, 0.15) is 18.2 Å². The van der Waals surface area contributed by atoms with Gasteiger partial charge in [-0.3, -0.25) is 4.79 Å². The molecule has 1 aromatic heterocycles. The van der Waals surface area contributed by atoms with Gasteiger partial charge >= 0.3 is 0 Å². The molecule has 0 saturated heterocycles. The Bertz CT molecular complexity index is 1100. The number of rotatable bonds is 7. The average Bonchev–Trinajstić information content (AvgIpc) is 3.06. The summed E-state index contributed by atoms with van der Waals surface area (Å²) >= 11 is 3.25. The van der Waals surface area contributed by atoms with E-state index in [1.807, 2.05) is 13.8 Å². The third kappa shape index (κ3) is 3.78. The molecule has 8 heteroatoms. The van der Waals surface area contributed by atoms with Gasteiger partial charge in [0.15, 0.2) is 5.82 Å². The number of halogens is 2. The number of H-pyrrole nitrogens is 1. The van der Waals surface area contributed by atoms with Crippen LogP contribution in [-0.2, 0) is 16.1 Å². The van der Waals surface area contributed by atoms with E-state index < -0.39 is 5.82 Å². The normalized spacial score (nSPS) is 10.8. The molecule has 1 heterocycles. The maximum absolute atomic E-state index is 15.2. The van der Waals surface area contributed by atoms with Crippen LogP contribution in [0.2, 0.25) is 0 Å². The number of fused-ring (bicyclic) bond motifs is 1. The number of ether oxygens (including phenoxy) is 2. The molecule has 0 atom stereocenters. The van der Waals surface area contributed by atoms with Crippen LogP contribution in [0, 0.1) is 17.1 Å². The van der Waals surface area contributed by atoms with Crippen molar-refractivity contribution in [3.05, 3.63) is 51.7 Å². The largest absolute Gasteiger partial charge is 0.495 e. The molecule has 0 amide bonds. The fourth-order valence-corrected chi connectivity index (χ4v) is 3.80. The first-order chi connectivity index (χ1) is 13.9. The summed E-state index contributed by atoms with van der Waals surface area (Å²) in [7, 11) is 1.47. The Balaban J connectivity index is 2.25. The molecule has 0 aliphatic carbocycles. The second-order valence-electron chi connectivity index (χ2n) is 6.61. The first kappa shape index (κ1) is 20.7. The maximum Gasteiger partial charge on any atom is 0.293 e. The Morgan fingerprint density at radius 3 is 2.72 bits per heavy atom. The molecule has 2 aromatic carbocycles. The number of anilines is 2. The summed E-state index contributed by atoms with van der Waals surface area (Å²) < 4.78 is 25.6. The molecule has 29 heavy (non-hydrogen) atoms. The van der Waals surface area contributed by atoms with Crippen molar-refractivity contribution in [2.45, 2.75) is 26.5 Å². The number of nitrogens with zero attached hydrogens (tertiary/aromatic N) is 2. The minimum Gasteiger partial charge on any atom is -0.495 e. The van der Waals surface area contributed by atoms with Gasteiger partial charge in [0.2, 0.25) is 0 Å². The number of nitrogens with one attached hydrogen (secondary N) is 1. The van der Waals surface area contributed by atoms with Crippen molar-refractivity contribution in [3.63, 3.8) is 0 Å². The van der Waals surface area contributed by atoms with Crippen molar-refractivity contribution >= 4 is 44.8 Å². The van der Waals surface area contributed by atoms with Crippen LogP contribution in [0.3, 0.4) is 0 Å². The van der Waals surface area contributed by atoms with Crippen LogP contribution in [-0.4, -0.2) is 24.6 Å². The Morgan fingerprint density at radius 2 is 2.10 bits per heavy atom. The quantitative estimate of drug-likeness (QED) is 0.493. The van der Waals surface area contributed by atoms with E-state index in [1.165, 1.54) is 7.11 Å². The number of hydrogen-bond donors (Lipinski definition) is 1. The smallest absolute Gasteiger partial charge is 0.293 e. The van der Waals surface area contributed by atoms with Crippen molar-refractivity contribution in [2.24, 2.45) is 0 Å². The van der Waals surface area contributed by atoms with Gasteiger partial charge in [-0.25, -0.2) is 4.39 Å². The molecule has 0 bridgehead atoms. The van der Waals surface area contributed by atoms with Crippen LogP contribution >= 0.6 is 15.9 Å². The molecule has 0 aliphatic rings. The number of carbonyl (C=O) groups excluding carboxylic acids is 1. The second kappa shape index (κ2) is 8.53. The summed E-state index contributed by atoms with van der Waals surface area (Å²) in [6.45, 7) is 4.23. The number of carbonyl (C=O) groups is 1. The summed E-state index contributed by atoms with van der Waals surface area (Å²) in [6.07, 6.45) is 0. The van der Waals surface area contributed by atoms with Gasteiger partial charge in [-0.2, -0.15) is 5.26 Å². The zero-order chi connectivity index (χ0) is 21.1. The topological polar surface area (TPSA) is 78.3 Å². The Kier molecular flexibility index (Phi) is 6.09. The van der Waals surface area contributed by atoms with E-state index in [-0.39, 0.29) is 17.1 Å². The molecule has 3 aromatic rings. The minimum absolute atomic E-state index is 0.00684. The molecule has 0 spiro atoms. The molecule has 0 aliphatic heterocycles. The number of aromatic amines is 1. The zero-order valence-electron chi connectivity index (χ0n) is 16.1. The third-order valence-corrected chi connectivity index (χ3v) is 5.31. The van der Waals surface area contributed by atoms with Gasteiger partial charge in [0, 0.05) is 22.5 Å². The number of methoxy groups -OCH3 is 1. The minimum atomic E-state index is -0.475. The molecule has 0 unspecified atom stereocenters. The predicted octanol–water partition coefficient (Wildman–Crippen LogP) is 5.17. The lowest BCUT2D eigenvalue weighted by Crippen LogP contribution is -2.27. The SMILES string of the molecule is COc1ccc(N(c2[nH]c3cc(C#N)ccc3c2COC=O)C(C)C)c(F)c1Br. The van der Waals surface area contributed by atoms with Crippen molar-refractivity contribution in [3.8, 4) is 11.8 Å². The van der Waals surface area contributed by atoms with E-state index in [1.54, 1.807) is 35.2 Å². The van der Waals surface area contributed by atoms with Crippen LogP contribution in [0.15, 0.2) is 34.8 Å². The molecule has 6 nitrogen and oxygen atoms in total. The predicted molar refractivity (Wildman–Crippen MR) is 112 cm³/mol. The first-order valence-electron chi connectivity index (χ1n) is 8.84. The van der Waals surface area contributed by atoms with E-state index in [2.05, 4.69) is 27.0 Å². The number of hydrogen-bond acceptors (Lipinski definition) is 5. The van der Waals surface area contributed by atoms with Gasteiger partial charge in [0.25, 0.3) is 6.47 Å². The highest BCUT2D eigenvalue weighted by Crippen LogP contribution is 2.40. The monoisotopic (exact) mass is 459 g/mol. The van der Waals surface area contributed by atoms with Crippen LogP contribution in [0.4, 0.5) is 15.9 Å². The van der Waals surface area contributed by atoms with Crippen LogP contribution in [0.25, 0.3) is 10.9 Å². The van der Waals surface area contributed by atoms with E-state index in [0.717, 1.165) is 5.39 Å². The van der Waals surface area contributed by atoms with Crippen molar-refractivity contribution in [2.75, 3.05) is 12.0 Å². The van der Waals surface area contributed by atoms with E-state index in [9.17, 15) is 10.1 Å². The number of benzene rings is 2. The van der Waals surface area contributed by atoms with Gasteiger partial charge in [0.05, 0.1) is 28.9 Å². The summed E-state index contributed by atoms with van der Waals surface area (Å²) in [6, 6.07) is 10.5. The zero-order valence-corrected chi connectivity index (χ0v) is 17.7. The number of aromatic nitrogens is 1. The highest BCUT2D eigenvalue weighted by atomic mass is 79.9. The highest BCUT2D eigenvalue weighted by Gasteiger charge is 2.25. The summed E-state index contributed by atoms with van der Waals surface area (Å²) in [4.78, 5) is 15.9. The Morgan fingerprint density at radius 1 is 1.34 bits per heavy atom. The summed E-state index contributed by atoms with van der Waals surface area (Å²) in [5.41, 5.74) is 2.20. The molecule has 3 rings (SSSR count). The van der Waals surface area contributed by atoms with Gasteiger partial charge < -0.3 is 19.4 Å². The van der Waals surface area contributed by atoms with E-state index in [0.29, 0.717) is 40.4 Å². The molecule has 1 N–H and O–H groups in total. The summed E-state index contributed by atoms with van der Waals surface area (Å²) in [5, 5.41) is 9.99. The fraction of sp³-hybridized carbons (Fsp3) is 0.238. The Hall–Kier alpha value is -3.05. The van der Waals surface area contributed by atoms with Gasteiger partial charge in [-0.15, -0.1) is 0 Å². The Labute approximate surface area is 176 Å². The second-order valence-corrected chi connectivity index (χ2v) is 7.40. The average molecular weight is 460 g/mol. The lowest BCUT2D eigenvalue weighted by Gasteiger charge is -2.30. The highest BCUT2D eigenvalue weighted by molar-refractivity contribution is 9.10. The molecule has 0 radical (unpaired) electrons. The molecule has 150 valence electrons. The van der Waals surface area contributed by atoms with Crippen molar-refractivity contribution in [1.29, 1.82) is 5.26 Å². The maximum atomic E-state index is 15.2. The lowest BCUT2D eigenvalue weighted by molar-refractivity contribution is -0.129. The van der Waals surface area contributed by atoms with E-state index in [4.69, 9.17) is 9.47 Å². The fourth-order valence-electron chi connectivity index (χ4n) is 3.30. The number of nitriles is 1. The van der Waals surface area contributed by atoms with Crippen molar-refractivity contribution in [1.82, 2.24) is 4.98 Å². The summed E-state index contributed by atoms with van der Waals surface area (Å²) in [5.74, 6) is 0.495. The third-order valence-electron chi connectivity index (χ3n) is 4.57.